The summed E-state index contributed by atoms with van der Waals surface area (Å²) < 4.78 is 10.9. The summed E-state index contributed by atoms with van der Waals surface area (Å²) in [6.45, 7) is 3.69. The molecule has 1 saturated heterocycles. The molecule has 0 saturated carbocycles. The molecule has 2 aliphatic rings. The number of amides is 2. The Hall–Kier alpha value is -3.09. The number of hydrogen-bond donors (Lipinski definition) is 0. The zero-order valence-corrected chi connectivity index (χ0v) is 18.5. The summed E-state index contributed by atoms with van der Waals surface area (Å²) in [7, 11) is 4.85. The third kappa shape index (κ3) is 3.73. The topological polar surface area (TPSA) is 72.0 Å². The lowest BCUT2D eigenvalue weighted by Gasteiger charge is -2.42. The Balaban J connectivity index is 1.87. The van der Waals surface area contributed by atoms with E-state index in [-0.39, 0.29) is 11.8 Å². The number of hydrogen-bond acceptors (Lipinski definition) is 5. The lowest BCUT2D eigenvalue weighted by atomic mass is 9.79. The van der Waals surface area contributed by atoms with Gasteiger partial charge < -0.3 is 19.3 Å². The van der Waals surface area contributed by atoms with Crippen molar-refractivity contribution in [1.82, 2.24) is 14.8 Å². The quantitative estimate of drug-likeness (QED) is 0.755. The van der Waals surface area contributed by atoms with Crippen molar-refractivity contribution in [2.45, 2.75) is 31.7 Å². The van der Waals surface area contributed by atoms with E-state index in [1.807, 2.05) is 17.0 Å². The maximum Gasteiger partial charge on any atom is 0.254 e. The number of rotatable bonds is 4. The van der Waals surface area contributed by atoms with Crippen LogP contribution in [0.15, 0.2) is 36.7 Å². The van der Waals surface area contributed by atoms with E-state index in [4.69, 9.17) is 9.47 Å². The number of likely N-dealkylation sites (tertiary alicyclic amines) is 1. The molecule has 7 heteroatoms. The number of fused-ring (bicyclic) bond motifs is 1. The van der Waals surface area contributed by atoms with Crippen molar-refractivity contribution in [1.29, 1.82) is 0 Å². The Morgan fingerprint density at radius 2 is 1.81 bits per heavy atom. The van der Waals surface area contributed by atoms with E-state index in [9.17, 15) is 9.59 Å². The Labute approximate surface area is 183 Å². The lowest BCUT2D eigenvalue weighted by Crippen LogP contribution is -2.48. The van der Waals surface area contributed by atoms with Gasteiger partial charge in [0.05, 0.1) is 26.2 Å². The van der Waals surface area contributed by atoms with Gasteiger partial charge in [0.15, 0.2) is 11.5 Å². The maximum atomic E-state index is 13.9. The number of methoxy groups -OCH3 is 2. The van der Waals surface area contributed by atoms with Crippen LogP contribution in [0.3, 0.4) is 0 Å². The highest BCUT2D eigenvalue weighted by molar-refractivity contribution is 6.02. The number of carbonyl (C=O) groups excluding carboxylic acids is 2. The molecule has 1 fully saturated rings. The molecule has 2 aromatic rings. The van der Waals surface area contributed by atoms with Gasteiger partial charge in [-0.3, -0.25) is 14.6 Å². The highest BCUT2D eigenvalue weighted by Crippen LogP contribution is 2.46. The minimum absolute atomic E-state index is 0.0357. The molecule has 164 valence electrons. The van der Waals surface area contributed by atoms with Crippen LogP contribution >= 0.6 is 0 Å². The number of aromatic nitrogens is 1. The van der Waals surface area contributed by atoms with Crippen molar-refractivity contribution < 1.29 is 19.1 Å². The molecule has 2 aliphatic heterocycles. The van der Waals surface area contributed by atoms with Gasteiger partial charge in [0.2, 0.25) is 5.91 Å². The van der Waals surface area contributed by atoms with E-state index in [1.54, 1.807) is 43.6 Å². The zero-order chi connectivity index (χ0) is 22.1. The number of ether oxygens (including phenoxy) is 2. The van der Waals surface area contributed by atoms with E-state index in [0.717, 1.165) is 31.5 Å². The fraction of sp³-hybridized carbons (Fsp3) is 0.458. The molecular weight excluding hydrogens is 394 g/mol. The highest BCUT2D eigenvalue weighted by atomic mass is 16.5. The second kappa shape index (κ2) is 8.57. The average Bonchev–Trinajstić information content (AvgIpc) is 2.81. The van der Waals surface area contributed by atoms with Crippen LogP contribution in [-0.2, 0) is 4.79 Å². The fourth-order valence-corrected chi connectivity index (χ4v) is 4.71. The van der Waals surface area contributed by atoms with Crippen molar-refractivity contribution in [3.05, 3.63) is 53.3 Å². The van der Waals surface area contributed by atoms with Gasteiger partial charge in [0.25, 0.3) is 5.91 Å². The van der Waals surface area contributed by atoms with Crippen LogP contribution in [0.1, 0.15) is 53.2 Å². The van der Waals surface area contributed by atoms with Crippen LogP contribution in [0.2, 0.25) is 0 Å². The van der Waals surface area contributed by atoms with Gasteiger partial charge in [-0.2, -0.15) is 0 Å². The Morgan fingerprint density at radius 3 is 2.42 bits per heavy atom. The molecule has 1 aromatic heterocycles. The van der Waals surface area contributed by atoms with E-state index in [0.29, 0.717) is 28.5 Å². The summed E-state index contributed by atoms with van der Waals surface area (Å²) in [6, 6.07) is 6.79. The first-order valence-corrected chi connectivity index (χ1v) is 10.7. The fourth-order valence-electron chi connectivity index (χ4n) is 4.71. The van der Waals surface area contributed by atoms with Gasteiger partial charge in [-0.05, 0) is 48.1 Å². The number of nitrogens with zero attached hydrogens (tertiary/aromatic N) is 3. The smallest absolute Gasteiger partial charge is 0.254 e. The molecule has 0 N–H and O–H groups in total. The van der Waals surface area contributed by atoms with Gasteiger partial charge >= 0.3 is 0 Å². The van der Waals surface area contributed by atoms with Crippen LogP contribution in [0.25, 0.3) is 0 Å². The molecule has 0 spiro atoms. The van der Waals surface area contributed by atoms with Crippen LogP contribution < -0.4 is 9.47 Å². The number of likely N-dealkylation sites (N-methyl/N-ethyl adjacent to an activating group) is 1. The van der Waals surface area contributed by atoms with Crippen LogP contribution in [0.5, 0.6) is 11.5 Å². The van der Waals surface area contributed by atoms with Crippen molar-refractivity contribution in [3.63, 3.8) is 0 Å². The normalized spacial score (nSPS) is 21.6. The zero-order valence-electron chi connectivity index (χ0n) is 18.5. The summed E-state index contributed by atoms with van der Waals surface area (Å²) >= 11 is 0. The Kier molecular flexibility index (Phi) is 5.85. The molecule has 0 aliphatic carbocycles. The summed E-state index contributed by atoms with van der Waals surface area (Å²) in [5.74, 6) is 0.935. The first kappa shape index (κ1) is 21.2. The maximum absolute atomic E-state index is 13.9. The largest absolute Gasteiger partial charge is 0.493 e. The molecular formula is C24H29N3O4. The molecule has 7 nitrogen and oxygen atoms in total. The third-order valence-corrected chi connectivity index (χ3v) is 6.56. The van der Waals surface area contributed by atoms with E-state index >= 15 is 0 Å². The van der Waals surface area contributed by atoms with E-state index < -0.39 is 12.0 Å². The summed E-state index contributed by atoms with van der Waals surface area (Å²) in [5.41, 5.74) is 1.99. The molecule has 1 aromatic carbocycles. The summed E-state index contributed by atoms with van der Waals surface area (Å²) in [5, 5.41) is 0. The molecule has 31 heavy (non-hydrogen) atoms. The minimum Gasteiger partial charge on any atom is -0.493 e. The van der Waals surface area contributed by atoms with Crippen LogP contribution in [0, 0.1) is 5.92 Å². The van der Waals surface area contributed by atoms with Gasteiger partial charge in [0, 0.05) is 38.1 Å². The first-order chi connectivity index (χ1) is 15.0. The third-order valence-electron chi connectivity index (χ3n) is 6.56. The second-order valence-corrected chi connectivity index (χ2v) is 8.43. The molecule has 0 bridgehead atoms. The summed E-state index contributed by atoms with van der Waals surface area (Å²) in [6.07, 6.45) is 5.41. The van der Waals surface area contributed by atoms with Gasteiger partial charge in [-0.15, -0.1) is 0 Å². The summed E-state index contributed by atoms with van der Waals surface area (Å²) in [4.78, 5) is 35.1. The van der Waals surface area contributed by atoms with Crippen molar-refractivity contribution in [2.24, 2.45) is 5.92 Å². The SMILES string of the molecule is COc1cc2c(cc1OC)[C@H](C(=O)N1CCC(C)CC1)[C@H](c1cccnc1)N(C)C2=O. The number of carbonyl (C=O) groups is 2. The molecule has 2 atom stereocenters. The van der Waals surface area contributed by atoms with Crippen LogP contribution in [0.4, 0.5) is 0 Å². The first-order valence-electron chi connectivity index (χ1n) is 10.7. The van der Waals surface area contributed by atoms with Crippen molar-refractivity contribution in [3.8, 4) is 11.5 Å². The molecule has 4 rings (SSSR count). The number of piperidine rings is 1. The number of pyridine rings is 1. The molecule has 2 amide bonds. The Morgan fingerprint density at radius 1 is 1.13 bits per heavy atom. The predicted molar refractivity (Wildman–Crippen MR) is 116 cm³/mol. The second-order valence-electron chi connectivity index (χ2n) is 8.43. The van der Waals surface area contributed by atoms with E-state index in [1.165, 1.54) is 7.11 Å². The Bertz CT molecular complexity index is 970. The molecule has 3 heterocycles. The standard InChI is InChI=1S/C24H29N3O4/c1-15-7-10-27(11-8-15)24(29)21-17-12-19(30-3)20(31-4)13-18(17)23(28)26(2)22(21)16-6-5-9-25-14-16/h5-6,9,12-15,21-22H,7-8,10-11H2,1-4H3/t21-,22-/m0/s1. The lowest BCUT2D eigenvalue weighted by molar-refractivity contribution is -0.135. The average molecular weight is 424 g/mol. The minimum atomic E-state index is -0.546. The van der Waals surface area contributed by atoms with Crippen molar-refractivity contribution in [2.75, 3.05) is 34.4 Å². The highest BCUT2D eigenvalue weighted by Gasteiger charge is 2.45. The predicted octanol–water partition coefficient (Wildman–Crippen LogP) is 3.27. The monoisotopic (exact) mass is 423 g/mol. The molecule has 0 unspecified atom stereocenters. The van der Waals surface area contributed by atoms with E-state index in [2.05, 4.69) is 11.9 Å². The number of benzene rings is 1. The van der Waals surface area contributed by atoms with Crippen LogP contribution in [-0.4, -0.2) is 61.0 Å². The van der Waals surface area contributed by atoms with Gasteiger partial charge in [-0.1, -0.05) is 13.0 Å². The van der Waals surface area contributed by atoms with Crippen molar-refractivity contribution >= 4 is 11.8 Å². The van der Waals surface area contributed by atoms with Gasteiger partial charge in [-0.25, -0.2) is 0 Å². The van der Waals surface area contributed by atoms with Gasteiger partial charge in [0.1, 0.15) is 0 Å². The molecule has 0 radical (unpaired) electrons.